The minimum atomic E-state index is -3.92. The molecule has 0 radical (unpaired) electrons. The van der Waals surface area contributed by atoms with E-state index in [0.29, 0.717) is 28.7 Å². The zero-order chi connectivity index (χ0) is 42.4. The fourth-order valence-corrected chi connectivity index (χ4v) is 10.5. The highest BCUT2D eigenvalue weighted by molar-refractivity contribution is 9.10. The van der Waals surface area contributed by atoms with Gasteiger partial charge >= 0.3 is 20.4 Å². The molecule has 59 heavy (non-hydrogen) atoms. The third-order valence-corrected chi connectivity index (χ3v) is 15.3. The van der Waals surface area contributed by atoms with E-state index in [9.17, 15) is 31.5 Å². The summed E-state index contributed by atoms with van der Waals surface area (Å²) < 4.78 is 62.3. The van der Waals surface area contributed by atoms with Crippen molar-refractivity contribution in [2.24, 2.45) is 0 Å². The molecule has 1 unspecified atom stereocenters. The molecule has 0 saturated heterocycles. The number of halogens is 1. The first-order valence-electron chi connectivity index (χ1n) is 19.9. The lowest BCUT2D eigenvalue weighted by Crippen LogP contribution is -2.39. The molecule has 0 bridgehead atoms. The van der Waals surface area contributed by atoms with Crippen molar-refractivity contribution in [1.29, 1.82) is 0 Å². The molecule has 14 nitrogen and oxygen atoms in total. The topological polar surface area (TPSA) is 183 Å². The number of H-pyrrole nitrogens is 1. The first kappa shape index (κ1) is 42.8. The summed E-state index contributed by atoms with van der Waals surface area (Å²) in [6.45, 7) is 0. The molecule has 3 aromatic carbocycles. The van der Waals surface area contributed by atoms with Gasteiger partial charge in [0.15, 0.2) is 6.23 Å². The number of aliphatic hydroxyl groups excluding tert-OH is 1. The Morgan fingerprint density at radius 2 is 1.27 bits per heavy atom. The molecule has 2 fully saturated rings. The van der Waals surface area contributed by atoms with E-state index in [1.165, 1.54) is 77.8 Å². The number of carbonyl (C=O) groups is 2. The molecule has 17 heteroatoms. The van der Waals surface area contributed by atoms with Crippen molar-refractivity contribution >= 4 is 70.0 Å². The normalized spacial score (nSPS) is 17.5. The average molecular weight is 912 g/mol. The molecule has 1 aliphatic heterocycles. The fraction of sp³-hybridized carbons (Fsp3) is 0.429. The molecule has 2 aliphatic carbocycles. The Morgan fingerprint density at radius 3 is 1.81 bits per heavy atom. The Morgan fingerprint density at radius 1 is 0.746 bits per heavy atom. The fourth-order valence-electron chi connectivity index (χ4n) is 8.70. The number of aliphatic hydroxyl groups is 1. The molecule has 3 heterocycles. The van der Waals surface area contributed by atoms with E-state index in [0.717, 1.165) is 72.0 Å². The second-order valence-corrected chi connectivity index (χ2v) is 20.5. The standard InChI is InChI=1S/C25H29N3O5S.C17H22BrN3O3S/c1-27(2)34(31,32)26-24(29)16-9-11-19-21(13-16)28-23(22(19)15-7-5-4-6-8-15)18-12-10-17(33-3)14-20(18)25(28)30;1-21(2)25(23,24)20-17(22)12-8-9-13-14(10-12)19-16(18)15(13)11-6-4-3-5-7-11/h9-15,25,30H,4-8H2,1-3H3,(H,26,29);8-11,19H,3-7H2,1-2H3,(H,20,22). The van der Waals surface area contributed by atoms with Crippen molar-refractivity contribution < 1.29 is 36.3 Å². The molecule has 316 valence electrons. The van der Waals surface area contributed by atoms with Gasteiger partial charge in [-0.2, -0.15) is 25.4 Å². The van der Waals surface area contributed by atoms with Gasteiger partial charge in [-0.15, -0.1) is 0 Å². The van der Waals surface area contributed by atoms with E-state index in [4.69, 9.17) is 4.74 Å². The van der Waals surface area contributed by atoms with Crippen LogP contribution in [0.3, 0.4) is 0 Å². The quantitative estimate of drug-likeness (QED) is 0.119. The Kier molecular flexibility index (Phi) is 12.4. The number of nitrogens with zero attached hydrogens (tertiary/aromatic N) is 3. The van der Waals surface area contributed by atoms with Crippen LogP contribution in [0.1, 0.15) is 120 Å². The number of hydrogen-bond donors (Lipinski definition) is 4. The first-order chi connectivity index (χ1) is 28.0. The zero-order valence-electron chi connectivity index (χ0n) is 33.8. The summed E-state index contributed by atoms with van der Waals surface area (Å²) in [4.78, 5) is 28.3. The number of hydrogen-bond acceptors (Lipinski definition) is 8. The number of methoxy groups -OCH3 is 1. The number of aromatic nitrogens is 2. The van der Waals surface area contributed by atoms with E-state index in [1.54, 1.807) is 31.4 Å². The SMILES string of the molecule is CN(C)S(=O)(=O)NC(=O)c1ccc2c(C3CCCCC3)c(Br)[nH]c2c1.COc1ccc2c(c1)C(O)n1c-2c(C2CCCCC2)c2ccc(C(=O)NS(=O)(=O)N(C)C)cc21. The molecule has 5 aromatic rings. The molecule has 4 N–H and O–H groups in total. The van der Waals surface area contributed by atoms with Crippen LogP contribution in [0, 0.1) is 0 Å². The van der Waals surface area contributed by atoms with E-state index in [1.807, 2.05) is 34.9 Å². The number of rotatable bonds is 9. The van der Waals surface area contributed by atoms with Gasteiger partial charge < -0.3 is 19.4 Å². The molecule has 3 aliphatic rings. The summed E-state index contributed by atoms with van der Waals surface area (Å²) in [6, 6.07) is 16.2. The van der Waals surface area contributed by atoms with Gasteiger partial charge in [-0.05, 0) is 107 Å². The zero-order valence-corrected chi connectivity index (χ0v) is 37.1. The number of benzene rings is 3. The molecule has 1 atom stereocenters. The third-order valence-electron chi connectivity index (χ3n) is 11.8. The Bertz CT molecular complexity index is 2640. The van der Waals surface area contributed by atoms with Crippen LogP contribution in [0.5, 0.6) is 5.75 Å². The lowest BCUT2D eigenvalue weighted by molar-refractivity contribution is 0.0970. The second kappa shape index (κ2) is 17.0. The van der Waals surface area contributed by atoms with Crippen LogP contribution in [0.2, 0.25) is 0 Å². The smallest absolute Gasteiger partial charge is 0.303 e. The molecule has 2 saturated carbocycles. The van der Waals surface area contributed by atoms with E-state index < -0.39 is 38.5 Å². The van der Waals surface area contributed by atoms with E-state index in [2.05, 4.69) is 30.4 Å². The van der Waals surface area contributed by atoms with Gasteiger partial charge in [-0.3, -0.25) is 9.59 Å². The summed E-state index contributed by atoms with van der Waals surface area (Å²) in [5, 5.41) is 13.4. The van der Waals surface area contributed by atoms with E-state index >= 15 is 0 Å². The summed E-state index contributed by atoms with van der Waals surface area (Å²) in [6.07, 6.45) is 10.9. The van der Waals surface area contributed by atoms with Crippen LogP contribution < -0.4 is 14.2 Å². The monoisotopic (exact) mass is 910 g/mol. The van der Waals surface area contributed by atoms with Crippen LogP contribution in [-0.2, 0) is 20.4 Å². The van der Waals surface area contributed by atoms with Crippen molar-refractivity contribution in [2.45, 2.75) is 82.3 Å². The number of aromatic amines is 1. The van der Waals surface area contributed by atoms with Crippen LogP contribution in [0.15, 0.2) is 59.2 Å². The van der Waals surface area contributed by atoms with E-state index in [-0.39, 0.29) is 5.56 Å². The van der Waals surface area contributed by atoms with Crippen LogP contribution in [0.25, 0.3) is 33.1 Å². The Hall–Kier alpha value is -4.26. The van der Waals surface area contributed by atoms with Gasteiger partial charge in [0, 0.05) is 66.7 Å². The predicted molar refractivity (Wildman–Crippen MR) is 232 cm³/mol. The van der Waals surface area contributed by atoms with Crippen molar-refractivity contribution in [3.05, 3.63) is 87.0 Å². The summed E-state index contributed by atoms with van der Waals surface area (Å²) in [5.74, 6) is 0.200. The van der Waals surface area contributed by atoms with Crippen molar-refractivity contribution in [2.75, 3.05) is 35.3 Å². The number of ether oxygens (including phenoxy) is 1. The molecule has 2 aromatic heterocycles. The highest BCUT2D eigenvalue weighted by Crippen LogP contribution is 2.51. The largest absolute Gasteiger partial charge is 0.497 e. The van der Waals surface area contributed by atoms with Crippen LogP contribution >= 0.6 is 15.9 Å². The van der Waals surface area contributed by atoms with Gasteiger partial charge in [-0.1, -0.05) is 50.7 Å². The molecule has 0 spiro atoms. The van der Waals surface area contributed by atoms with Crippen molar-refractivity contribution in [3.63, 3.8) is 0 Å². The second-order valence-electron chi connectivity index (χ2n) is 15.9. The maximum Gasteiger partial charge on any atom is 0.303 e. The van der Waals surface area contributed by atoms with Crippen LogP contribution in [0.4, 0.5) is 0 Å². The first-order valence-corrected chi connectivity index (χ1v) is 23.5. The van der Waals surface area contributed by atoms with Gasteiger partial charge in [0.2, 0.25) is 0 Å². The molecular formula is C42H51BrN6O8S2. The van der Waals surface area contributed by atoms with Gasteiger partial charge in [0.25, 0.3) is 11.8 Å². The minimum Gasteiger partial charge on any atom is -0.497 e. The summed E-state index contributed by atoms with van der Waals surface area (Å²) >= 11 is 3.62. The number of nitrogens with one attached hydrogen (secondary N) is 3. The lowest BCUT2D eigenvalue weighted by atomic mass is 9.81. The lowest BCUT2D eigenvalue weighted by Gasteiger charge is -2.23. The molecule has 8 rings (SSSR count). The summed E-state index contributed by atoms with van der Waals surface area (Å²) in [7, 11) is -0.668. The van der Waals surface area contributed by atoms with Crippen molar-refractivity contribution in [3.8, 4) is 17.0 Å². The Balaban J connectivity index is 0.000000188. The van der Waals surface area contributed by atoms with Gasteiger partial charge in [-0.25, -0.2) is 9.44 Å². The van der Waals surface area contributed by atoms with Gasteiger partial charge in [0.1, 0.15) is 5.75 Å². The maximum atomic E-state index is 12.8. The number of amides is 2. The number of fused-ring (bicyclic) bond motifs is 6. The highest BCUT2D eigenvalue weighted by Gasteiger charge is 2.36. The Labute approximate surface area is 353 Å². The number of carbonyl (C=O) groups excluding carboxylic acids is 2. The predicted octanol–water partition coefficient (Wildman–Crippen LogP) is 7.27. The van der Waals surface area contributed by atoms with Crippen molar-refractivity contribution in [1.82, 2.24) is 27.6 Å². The van der Waals surface area contributed by atoms with Crippen LogP contribution in [-0.4, -0.2) is 87.2 Å². The maximum absolute atomic E-state index is 12.8. The average Bonchev–Trinajstić information content (AvgIpc) is 3.83. The summed E-state index contributed by atoms with van der Waals surface area (Å²) in [5.41, 5.74) is 7.25. The third kappa shape index (κ3) is 8.42. The molecule has 2 amide bonds. The highest BCUT2D eigenvalue weighted by atomic mass is 79.9. The molecular weight excluding hydrogens is 861 g/mol. The minimum absolute atomic E-state index is 0.217. The van der Waals surface area contributed by atoms with Gasteiger partial charge in [0.05, 0.1) is 22.9 Å².